The van der Waals surface area contributed by atoms with Crippen molar-refractivity contribution in [3.8, 4) is 0 Å². The van der Waals surface area contributed by atoms with Gasteiger partial charge >= 0.3 is 0 Å². The third-order valence-electron chi connectivity index (χ3n) is 2.06. The normalized spacial score (nSPS) is 13.5. The van der Waals surface area contributed by atoms with Gasteiger partial charge in [0.2, 0.25) is 0 Å². The molecule has 1 unspecified atom stereocenters. The summed E-state index contributed by atoms with van der Waals surface area (Å²) < 4.78 is 0. The van der Waals surface area contributed by atoms with Gasteiger partial charge in [-0.25, -0.2) is 0 Å². The molecule has 0 fully saturated rings. The van der Waals surface area contributed by atoms with Gasteiger partial charge in [0, 0.05) is 12.7 Å². The Morgan fingerprint density at radius 2 is 2.31 bits per heavy atom. The number of aromatic nitrogens is 2. The molecule has 1 aromatic heterocycles. The van der Waals surface area contributed by atoms with Crippen LogP contribution < -0.4 is 5.32 Å². The van der Waals surface area contributed by atoms with Gasteiger partial charge in [-0.05, 0) is 17.9 Å². The van der Waals surface area contributed by atoms with Crippen molar-refractivity contribution in [2.75, 3.05) is 6.54 Å². The molecule has 0 aliphatic rings. The zero-order chi connectivity index (χ0) is 12.2. The van der Waals surface area contributed by atoms with E-state index in [1.807, 2.05) is 0 Å². The van der Waals surface area contributed by atoms with Crippen LogP contribution in [0.15, 0.2) is 12.3 Å². The van der Waals surface area contributed by atoms with Crippen molar-refractivity contribution in [1.29, 1.82) is 0 Å². The van der Waals surface area contributed by atoms with E-state index in [4.69, 9.17) is 11.6 Å². The number of halogens is 1. The first-order valence-corrected chi connectivity index (χ1v) is 5.74. The number of nitrogens with zero attached hydrogens (tertiary/aromatic N) is 1. The zero-order valence-corrected chi connectivity index (χ0v) is 10.6. The Balaban J connectivity index is 2.32. The minimum Gasteiger partial charge on any atom is -0.349 e. The lowest BCUT2D eigenvalue weighted by Crippen LogP contribution is -2.31. The Bertz CT molecular complexity index is 329. The number of rotatable bonds is 4. The van der Waals surface area contributed by atoms with Gasteiger partial charge in [0.25, 0.3) is 5.91 Å². The lowest BCUT2D eigenvalue weighted by atomic mass is 9.90. The molecule has 1 heterocycles. The van der Waals surface area contributed by atoms with Crippen molar-refractivity contribution in [2.45, 2.75) is 32.6 Å². The summed E-state index contributed by atoms with van der Waals surface area (Å²) in [5, 5.41) is 9.03. The molecule has 1 aromatic rings. The standard InChI is InChI=1S/C11H18ClN3O/c1-11(2,3)6-8(12)7-13-10(16)9-4-5-14-15-9/h4-5,8H,6-7H2,1-3H3,(H,13,16)(H,14,15). The zero-order valence-electron chi connectivity index (χ0n) is 9.88. The molecule has 0 aliphatic carbocycles. The molecule has 0 spiro atoms. The quantitative estimate of drug-likeness (QED) is 0.797. The van der Waals surface area contributed by atoms with Crippen LogP contribution in [0.25, 0.3) is 0 Å². The first kappa shape index (κ1) is 13.0. The van der Waals surface area contributed by atoms with Crippen molar-refractivity contribution < 1.29 is 4.79 Å². The predicted octanol–water partition coefficient (Wildman–Crippen LogP) is 2.18. The van der Waals surface area contributed by atoms with Gasteiger partial charge in [-0.15, -0.1) is 11.6 Å². The topological polar surface area (TPSA) is 57.8 Å². The lowest BCUT2D eigenvalue weighted by Gasteiger charge is -2.21. The largest absolute Gasteiger partial charge is 0.349 e. The van der Waals surface area contributed by atoms with Crippen LogP contribution in [0.2, 0.25) is 0 Å². The third kappa shape index (κ3) is 4.66. The van der Waals surface area contributed by atoms with Crippen molar-refractivity contribution in [1.82, 2.24) is 15.5 Å². The highest BCUT2D eigenvalue weighted by Gasteiger charge is 2.17. The van der Waals surface area contributed by atoms with Crippen LogP contribution in [-0.4, -0.2) is 28.0 Å². The van der Waals surface area contributed by atoms with Gasteiger partial charge in [-0.2, -0.15) is 5.10 Å². The van der Waals surface area contributed by atoms with E-state index < -0.39 is 0 Å². The van der Waals surface area contributed by atoms with Gasteiger partial charge < -0.3 is 5.32 Å². The van der Waals surface area contributed by atoms with E-state index in [0.717, 1.165) is 6.42 Å². The van der Waals surface area contributed by atoms with E-state index in [2.05, 4.69) is 36.3 Å². The average Bonchev–Trinajstić information content (AvgIpc) is 2.64. The maximum atomic E-state index is 11.5. The fourth-order valence-corrected chi connectivity index (χ4v) is 1.96. The SMILES string of the molecule is CC(C)(C)CC(Cl)CNC(=O)c1ccn[nH]1. The molecule has 2 N–H and O–H groups in total. The van der Waals surface area contributed by atoms with Crippen LogP contribution in [0.3, 0.4) is 0 Å². The summed E-state index contributed by atoms with van der Waals surface area (Å²) in [6.07, 6.45) is 2.40. The molecule has 1 rings (SSSR count). The monoisotopic (exact) mass is 243 g/mol. The Hall–Kier alpha value is -1.03. The molecule has 16 heavy (non-hydrogen) atoms. The highest BCUT2D eigenvalue weighted by molar-refractivity contribution is 6.21. The van der Waals surface area contributed by atoms with E-state index in [9.17, 15) is 4.79 Å². The first-order valence-electron chi connectivity index (χ1n) is 5.30. The molecule has 5 heteroatoms. The minimum atomic E-state index is -0.169. The second-order valence-electron chi connectivity index (χ2n) is 5.04. The average molecular weight is 244 g/mol. The molecule has 90 valence electrons. The summed E-state index contributed by atoms with van der Waals surface area (Å²) in [6.45, 7) is 6.84. The van der Waals surface area contributed by atoms with Crippen LogP contribution >= 0.6 is 11.6 Å². The molecular formula is C11H18ClN3O. The van der Waals surface area contributed by atoms with E-state index in [0.29, 0.717) is 12.2 Å². The summed E-state index contributed by atoms with van der Waals surface area (Å²) in [4.78, 5) is 11.5. The number of hydrogen-bond acceptors (Lipinski definition) is 2. The number of alkyl halides is 1. The number of carbonyl (C=O) groups is 1. The third-order valence-corrected chi connectivity index (χ3v) is 2.37. The maximum absolute atomic E-state index is 11.5. The van der Waals surface area contributed by atoms with Gasteiger partial charge in [0.05, 0.1) is 5.38 Å². The van der Waals surface area contributed by atoms with Gasteiger partial charge in [-0.3, -0.25) is 9.89 Å². The van der Waals surface area contributed by atoms with Crippen molar-refractivity contribution >= 4 is 17.5 Å². The number of aromatic amines is 1. The summed E-state index contributed by atoms with van der Waals surface area (Å²) >= 11 is 6.13. The van der Waals surface area contributed by atoms with E-state index in [1.54, 1.807) is 12.3 Å². The molecular weight excluding hydrogens is 226 g/mol. The van der Waals surface area contributed by atoms with Crippen molar-refractivity contribution in [2.24, 2.45) is 5.41 Å². The first-order chi connectivity index (χ1) is 7.38. The van der Waals surface area contributed by atoms with Crippen molar-refractivity contribution in [3.63, 3.8) is 0 Å². The van der Waals surface area contributed by atoms with E-state index >= 15 is 0 Å². The molecule has 0 aromatic carbocycles. The number of hydrogen-bond donors (Lipinski definition) is 2. The number of nitrogens with one attached hydrogen (secondary N) is 2. The van der Waals surface area contributed by atoms with E-state index in [1.165, 1.54) is 0 Å². The number of carbonyl (C=O) groups excluding carboxylic acids is 1. The summed E-state index contributed by atoms with van der Waals surface area (Å²) in [6, 6.07) is 1.63. The van der Waals surface area contributed by atoms with Gasteiger partial charge in [0.15, 0.2) is 0 Å². The van der Waals surface area contributed by atoms with E-state index in [-0.39, 0.29) is 16.7 Å². The Morgan fingerprint density at radius 3 is 2.81 bits per heavy atom. The highest BCUT2D eigenvalue weighted by atomic mass is 35.5. The van der Waals surface area contributed by atoms with Crippen LogP contribution in [-0.2, 0) is 0 Å². The van der Waals surface area contributed by atoms with Crippen molar-refractivity contribution in [3.05, 3.63) is 18.0 Å². The van der Waals surface area contributed by atoms with Crippen LogP contribution in [0.4, 0.5) is 0 Å². The molecule has 0 bridgehead atoms. The second-order valence-corrected chi connectivity index (χ2v) is 5.66. The molecule has 4 nitrogen and oxygen atoms in total. The van der Waals surface area contributed by atoms with Crippen LogP contribution in [0.1, 0.15) is 37.7 Å². The lowest BCUT2D eigenvalue weighted by molar-refractivity contribution is 0.0947. The number of H-pyrrole nitrogens is 1. The molecule has 1 atom stereocenters. The summed E-state index contributed by atoms with van der Waals surface area (Å²) in [5.74, 6) is -0.169. The highest BCUT2D eigenvalue weighted by Crippen LogP contribution is 2.23. The summed E-state index contributed by atoms with van der Waals surface area (Å²) in [7, 11) is 0. The molecule has 0 saturated heterocycles. The Morgan fingerprint density at radius 1 is 1.62 bits per heavy atom. The Labute approximate surface area is 101 Å². The minimum absolute atomic E-state index is 0.0492. The maximum Gasteiger partial charge on any atom is 0.269 e. The number of amides is 1. The van der Waals surface area contributed by atoms with Crippen LogP contribution in [0.5, 0.6) is 0 Å². The predicted molar refractivity (Wildman–Crippen MR) is 64.6 cm³/mol. The summed E-state index contributed by atoms with van der Waals surface area (Å²) in [5.41, 5.74) is 0.630. The van der Waals surface area contributed by atoms with Gasteiger partial charge in [0.1, 0.15) is 5.69 Å². The molecule has 0 saturated carbocycles. The second kappa shape index (κ2) is 5.34. The Kier molecular flexibility index (Phi) is 4.35. The fraction of sp³-hybridized carbons (Fsp3) is 0.636. The molecule has 0 aliphatic heterocycles. The smallest absolute Gasteiger partial charge is 0.269 e. The molecule has 0 radical (unpaired) electrons. The van der Waals surface area contributed by atoms with Crippen LogP contribution in [0, 0.1) is 5.41 Å². The van der Waals surface area contributed by atoms with Gasteiger partial charge in [-0.1, -0.05) is 20.8 Å². The fourth-order valence-electron chi connectivity index (χ4n) is 1.42. The molecule has 1 amide bonds.